The molecule has 1 fully saturated rings. The van der Waals surface area contributed by atoms with Crippen LogP contribution in [-0.4, -0.2) is 39.1 Å². The Balaban J connectivity index is 1.52. The second kappa shape index (κ2) is 5.41. The molecule has 0 saturated heterocycles. The molecule has 0 bridgehead atoms. The number of rotatable bonds is 4. The number of aromatic nitrogens is 2. The molecule has 1 aliphatic heterocycles. The highest BCUT2D eigenvalue weighted by molar-refractivity contribution is 5.76. The number of hydrogen-bond donors (Lipinski definition) is 1. The third-order valence-corrected chi connectivity index (χ3v) is 4.78. The normalized spacial score (nSPS) is 18.7. The number of amides is 2. The second-order valence-corrected chi connectivity index (χ2v) is 6.71. The lowest BCUT2D eigenvalue weighted by atomic mass is 10.0. The van der Waals surface area contributed by atoms with E-state index >= 15 is 0 Å². The van der Waals surface area contributed by atoms with Crippen molar-refractivity contribution in [1.82, 2.24) is 19.8 Å². The topological polar surface area (TPSA) is 50.2 Å². The van der Waals surface area contributed by atoms with Crippen molar-refractivity contribution >= 4 is 6.03 Å². The molecule has 2 heterocycles. The van der Waals surface area contributed by atoms with E-state index < -0.39 is 0 Å². The lowest BCUT2D eigenvalue weighted by Gasteiger charge is -2.28. The van der Waals surface area contributed by atoms with Crippen LogP contribution in [0.4, 0.5) is 4.79 Å². The summed E-state index contributed by atoms with van der Waals surface area (Å²) in [6.07, 6.45) is 6.01. The number of nitrogens with one attached hydrogen (secondary N) is 1. The van der Waals surface area contributed by atoms with Gasteiger partial charge >= 0.3 is 6.03 Å². The highest BCUT2D eigenvalue weighted by Crippen LogP contribution is 2.38. The number of carbonyl (C=O) groups is 1. The van der Waals surface area contributed by atoms with E-state index in [1.54, 1.807) is 0 Å². The molecule has 1 atom stereocenters. The van der Waals surface area contributed by atoms with Gasteiger partial charge in [-0.3, -0.25) is 0 Å². The zero-order valence-corrected chi connectivity index (χ0v) is 13.6. The van der Waals surface area contributed by atoms with Crippen molar-refractivity contribution < 1.29 is 4.79 Å². The summed E-state index contributed by atoms with van der Waals surface area (Å²) < 4.78 is 2.15. The molecule has 1 aliphatic carbocycles. The fraction of sp³-hybridized carbons (Fsp3) is 0.444. The van der Waals surface area contributed by atoms with Crippen LogP contribution in [0.2, 0.25) is 0 Å². The molecule has 1 aromatic carbocycles. The predicted molar refractivity (Wildman–Crippen MR) is 89.2 cm³/mol. The predicted octanol–water partition coefficient (Wildman–Crippen LogP) is 3.04. The summed E-state index contributed by atoms with van der Waals surface area (Å²) in [7, 11) is 0. The molecule has 2 amide bonds. The maximum Gasteiger partial charge on any atom is 0.317 e. The fourth-order valence-electron chi connectivity index (χ4n) is 3.59. The molecule has 2 aliphatic rings. The number of imidazole rings is 1. The van der Waals surface area contributed by atoms with Crippen molar-refractivity contribution in [1.29, 1.82) is 0 Å². The zero-order valence-electron chi connectivity index (χ0n) is 13.6. The van der Waals surface area contributed by atoms with Gasteiger partial charge in [0, 0.05) is 24.2 Å². The molecule has 120 valence electrons. The van der Waals surface area contributed by atoms with Gasteiger partial charge in [0.25, 0.3) is 0 Å². The van der Waals surface area contributed by atoms with Gasteiger partial charge < -0.3 is 14.8 Å². The summed E-state index contributed by atoms with van der Waals surface area (Å²) >= 11 is 0. The van der Waals surface area contributed by atoms with Crippen LogP contribution in [0.25, 0.3) is 11.3 Å². The molecule has 1 N–H and O–H groups in total. The summed E-state index contributed by atoms with van der Waals surface area (Å²) in [5.74, 6) is 0. The van der Waals surface area contributed by atoms with Gasteiger partial charge in [0.2, 0.25) is 0 Å². The Morgan fingerprint density at radius 2 is 2.17 bits per heavy atom. The number of fused-ring (bicyclic) bond motifs is 3. The Labute approximate surface area is 136 Å². The van der Waals surface area contributed by atoms with Crippen LogP contribution < -0.4 is 5.32 Å². The molecule has 0 spiro atoms. The van der Waals surface area contributed by atoms with Crippen molar-refractivity contribution in [2.24, 2.45) is 0 Å². The van der Waals surface area contributed by atoms with Crippen molar-refractivity contribution in [2.45, 2.75) is 44.8 Å². The Hall–Kier alpha value is -2.30. The van der Waals surface area contributed by atoms with E-state index in [9.17, 15) is 4.79 Å². The first-order chi connectivity index (χ1) is 11.2. The summed E-state index contributed by atoms with van der Waals surface area (Å²) in [5, 5.41) is 3.14. The Kier molecular flexibility index (Phi) is 3.36. The SMILES string of the molecule is CC(C)N(C(=O)NC[C@H]1c2ccccc2-c2cncn21)C1CC1. The average molecular weight is 310 g/mol. The van der Waals surface area contributed by atoms with E-state index in [-0.39, 0.29) is 18.1 Å². The summed E-state index contributed by atoms with van der Waals surface area (Å²) in [6, 6.07) is 9.20. The molecule has 5 nitrogen and oxygen atoms in total. The van der Waals surface area contributed by atoms with Crippen molar-refractivity contribution in [2.75, 3.05) is 6.54 Å². The van der Waals surface area contributed by atoms with E-state index in [0.717, 1.165) is 18.5 Å². The quantitative estimate of drug-likeness (QED) is 0.943. The number of carbonyl (C=O) groups excluding carboxylic acids is 1. The van der Waals surface area contributed by atoms with Crippen molar-refractivity contribution in [3.8, 4) is 11.3 Å². The molecule has 0 radical (unpaired) electrons. The van der Waals surface area contributed by atoms with Gasteiger partial charge in [-0.1, -0.05) is 24.3 Å². The third kappa shape index (κ3) is 2.40. The number of benzene rings is 1. The molecule has 2 aromatic rings. The highest BCUT2D eigenvalue weighted by Gasteiger charge is 2.35. The number of urea groups is 1. The minimum Gasteiger partial charge on any atom is -0.336 e. The van der Waals surface area contributed by atoms with Gasteiger partial charge in [-0.15, -0.1) is 0 Å². The van der Waals surface area contributed by atoms with Gasteiger partial charge in [0.15, 0.2) is 0 Å². The standard InChI is InChI=1S/C18H22N4O/c1-12(2)22(13-7-8-13)18(23)20-10-17-15-6-4-3-5-14(15)16-9-19-11-21(16)17/h3-6,9,11-13,17H,7-8,10H2,1-2H3,(H,20,23)/t17-/m0/s1. The molecular formula is C18H22N4O. The van der Waals surface area contributed by atoms with E-state index in [4.69, 9.17) is 0 Å². The van der Waals surface area contributed by atoms with Gasteiger partial charge in [0.1, 0.15) is 0 Å². The van der Waals surface area contributed by atoms with E-state index in [1.165, 1.54) is 11.1 Å². The van der Waals surface area contributed by atoms with Gasteiger partial charge in [-0.25, -0.2) is 9.78 Å². The molecule has 0 unspecified atom stereocenters. The smallest absolute Gasteiger partial charge is 0.317 e. The van der Waals surface area contributed by atoms with Crippen LogP contribution in [0.15, 0.2) is 36.8 Å². The summed E-state index contributed by atoms with van der Waals surface area (Å²) in [6.45, 7) is 4.75. The average Bonchev–Trinajstić information content (AvgIpc) is 3.14. The molecule has 1 aromatic heterocycles. The Morgan fingerprint density at radius 3 is 2.91 bits per heavy atom. The van der Waals surface area contributed by atoms with Crippen LogP contribution in [-0.2, 0) is 0 Å². The second-order valence-electron chi connectivity index (χ2n) is 6.71. The zero-order chi connectivity index (χ0) is 16.0. The van der Waals surface area contributed by atoms with Crippen LogP contribution in [0.1, 0.15) is 38.3 Å². The first-order valence-corrected chi connectivity index (χ1v) is 8.34. The van der Waals surface area contributed by atoms with Gasteiger partial charge in [-0.2, -0.15) is 0 Å². The molecular weight excluding hydrogens is 288 g/mol. The van der Waals surface area contributed by atoms with Gasteiger partial charge in [-0.05, 0) is 32.3 Å². The van der Waals surface area contributed by atoms with Crippen molar-refractivity contribution in [3.05, 3.63) is 42.4 Å². The maximum absolute atomic E-state index is 12.6. The summed E-state index contributed by atoms with van der Waals surface area (Å²) in [4.78, 5) is 18.8. The monoisotopic (exact) mass is 310 g/mol. The maximum atomic E-state index is 12.6. The van der Waals surface area contributed by atoms with E-state index in [2.05, 4.69) is 46.9 Å². The third-order valence-electron chi connectivity index (χ3n) is 4.78. The number of hydrogen-bond acceptors (Lipinski definition) is 2. The minimum atomic E-state index is 0.0496. The molecule has 5 heteroatoms. The first-order valence-electron chi connectivity index (χ1n) is 8.34. The van der Waals surface area contributed by atoms with Crippen LogP contribution in [0, 0.1) is 0 Å². The lowest BCUT2D eigenvalue weighted by Crippen LogP contribution is -2.46. The molecule has 1 saturated carbocycles. The summed E-state index contributed by atoms with van der Waals surface area (Å²) in [5.41, 5.74) is 3.60. The molecule has 4 rings (SSSR count). The molecule has 23 heavy (non-hydrogen) atoms. The Morgan fingerprint density at radius 1 is 1.39 bits per heavy atom. The number of nitrogens with zero attached hydrogens (tertiary/aromatic N) is 3. The van der Waals surface area contributed by atoms with Gasteiger partial charge in [0.05, 0.1) is 24.3 Å². The van der Waals surface area contributed by atoms with Crippen LogP contribution in [0.3, 0.4) is 0 Å². The van der Waals surface area contributed by atoms with Crippen LogP contribution >= 0.6 is 0 Å². The van der Waals surface area contributed by atoms with E-state index in [0.29, 0.717) is 12.6 Å². The highest BCUT2D eigenvalue weighted by atomic mass is 16.2. The lowest BCUT2D eigenvalue weighted by molar-refractivity contribution is 0.178. The first kappa shape index (κ1) is 14.3. The fourth-order valence-corrected chi connectivity index (χ4v) is 3.59. The Bertz CT molecular complexity index is 730. The van der Waals surface area contributed by atoms with Crippen molar-refractivity contribution in [3.63, 3.8) is 0 Å². The van der Waals surface area contributed by atoms with E-state index in [1.807, 2.05) is 23.5 Å². The minimum absolute atomic E-state index is 0.0496. The van der Waals surface area contributed by atoms with Crippen LogP contribution in [0.5, 0.6) is 0 Å². The largest absolute Gasteiger partial charge is 0.336 e.